The van der Waals surface area contributed by atoms with Gasteiger partial charge in [-0.2, -0.15) is 13.2 Å². The number of nitrogens with one attached hydrogen (secondary N) is 1. The molecule has 1 saturated heterocycles. The maximum absolute atomic E-state index is 13.2. The lowest BCUT2D eigenvalue weighted by molar-refractivity contribution is -0.137. The van der Waals surface area contributed by atoms with Crippen LogP contribution in [0.1, 0.15) is 51.1 Å². The fraction of sp³-hybridized carbons (Fsp3) is 0.571. The summed E-state index contributed by atoms with van der Waals surface area (Å²) in [6.45, 7) is 5.79. The lowest BCUT2D eigenvalue weighted by Gasteiger charge is -2.31. The van der Waals surface area contributed by atoms with E-state index in [9.17, 15) is 18.0 Å². The molecule has 1 aliphatic heterocycles. The van der Waals surface area contributed by atoms with Crippen LogP contribution in [0.2, 0.25) is 0 Å². The number of rotatable bonds is 6. The first-order chi connectivity index (χ1) is 14.7. The summed E-state index contributed by atoms with van der Waals surface area (Å²) in [5, 5.41) is 11.2. The van der Waals surface area contributed by atoms with Gasteiger partial charge in [-0.3, -0.25) is 9.36 Å². The molecule has 4 rings (SSSR count). The van der Waals surface area contributed by atoms with Crippen LogP contribution >= 0.6 is 11.8 Å². The van der Waals surface area contributed by atoms with Gasteiger partial charge >= 0.3 is 6.18 Å². The molecule has 0 bridgehead atoms. The van der Waals surface area contributed by atoms with Crippen molar-refractivity contribution in [1.82, 2.24) is 14.8 Å². The molecule has 1 atom stereocenters. The predicted molar refractivity (Wildman–Crippen MR) is 114 cm³/mol. The van der Waals surface area contributed by atoms with Crippen molar-refractivity contribution in [2.24, 2.45) is 5.92 Å². The second-order valence-electron chi connectivity index (χ2n) is 8.35. The van der Waals surface area contributed by atoms with Crippen LogP contribution in [0.3, 0.4) is 0 Å². The smallest absolute Gasteiger partial charge is 0.341 e. The number of piperidine rings is 1. The predicted octanol–water partition coefficient (Wildman–Crippen LogP) is 4.99. The molecular weight excluding hydrogens is 427 g/mol. The van der Waals surface area contributed by atoms with Gasteiger partial charge in [0.15, 0.2) is 5.16 Å². The first kappa shape index (κ1) is 22.0. The number of hydrogen-bond acceptors (Lipinski definition) is 5. The number of anilines is 2. The van der Waals surface area contributed by atoms with Gasteiger partial charge in [0.1, 0.15) is 0 Å². The van der Waals surface area contributed by atoms with Gasteiger partial charge in [-0.05, 0) is 50.7 Å². The number of amides is 1. The van der Waals surface area contributed by atoms with Crippen molar-refractivity contribution in [2.75, 3.05) is 23.3 Å². The number of para-hydroxylation sites is 1. The average Bonchev–Trinajstić information content (AvgIpc) is 3.48. The van der Waals surface area contributed by atoms with Gasteiger partial charge in [0.05, 0.1) is 16.5 Å². The highest BCUT2D eigenvalue weighted by Crippen LogP contribution is 2.42. The van der Waals surface area contributed by atoms with Gasteiger partial charge in [0, 0.05) is 19.1 Å². The van der Waals surface area contributed by atoms with E-state index in [1.54, 1.807) is 6.92 Å². The van der Waals surface area contributed by atoms with E-state index in [1.807, 2.05) is 0 Å². The van der Waals surface area contributed by atoms with E-state index >= 15 is 0 Å². The minimum Gasteiger partial charge on any atom is -0.341 e. The normalized spacial score (nSPS) is 18.8. The average molecular weight is 454 g/mol. The Morgan fingerprint density at radius 2 is 1.84 bits per heavy atom. The first-order valence-electron chi connectivity index (χ1n) is 10.6. The SMILES string of the molecule is CC1CCN(c2nnc(SC(C)C(=O)Nc3ccccc3C(F)(F)F)n2C2CC2)CC1. The maximum Gasteiger partial charge on any atom is 0.418 e. The number of alkyl halides is 3. The lowest BCUT2D eigenvalue weighted by atomic mass is 10.00. The summed E-state index contributed by atoms with van der Waals surface area (Å²) in [5.74, 6) is 1.04. The molecule has 0 spiro atoms. The fourth-order valence-electron chi connectivity index (χ4n) is 3.71. The third kappa shape index (κ3) is 4.99. The number of aromatic nitrogens is 3. The van der Waals surface area contributed by atoms with E-state index < -0.39 is 22.9 Å². The molecule has 1 aromatic carbocycles. The Labute approximate surface area is 183 Å². The number of carbonyl (C=O) groups is 1. The van der Waals surface area contributed by atoms with E-state index in [0.29, 0.717) is 17.1 Å². The molecule has 168 valence electrons. The van der Waals surface area contributed by atoms with Crippen LogP contribution in [0.15, 0.2) is 29.4 Å². The number of carbonyl (C=O) groups excluding carboxylic acids is 1. The lowest BCUT2D eigenvalue weighted by Crippen LogP contribution is -2.34. The minimum atomic E-state index is -4.53. The van der Waals surface area contributed by atoms with Crippen LogP contribution < -0.4 is 10.2 Å². The van der Waals surface area contributed by atoms with Crippen molar-refractivity contribution in [3.8, 4) is 0 Å². The second kappa shape index (κ2) is 8.72. The van der Waals surface area contributed by atoms with Crippen molar-refractivity contribution < 1.29 is 18.0 Å². The van der Waals surface area contributed by atoms with E-state index in [-0.39, 0.29) is 5.69 Å². The number of thioether (sulfide) groups is 1. The van der Waals surface area contributed by atoms with Crippen LogP contribution in [0.5, 0.6) is 0 Å². The zero-order valence-electron chi connectivity index (χ0n) is 17.5. The molecule has 2 aromatic rings. The number of nitrogens with zero attached hydrogens (tertiary/aromatic N) is 4. The molecule has 0 radical (unpaired) electrons. The molecule has 1 aliphatic carbocycles. The molecule has 1 aromatic heterocycles. The summed E-state index contributed by atoms with van der Waals surface area (Å²) in [7, 11) is 0. The van der Waals surface area contributed by atoms with Gasteiger partial charge in [0.25, 0.3) is 0 Å². The molecule has 10 heteroatoms. The Balaban J connectivity index is 1.48. The fourth-order valence-corrected chi connectivity index (χ4v) is 4.63. The van der Waals surface area contributed by atoms with Crippen LogP contribution in [0.4, 0.5) is 24.8 Å². The molecule has 1 saturated carbocycles. The summed E-state index contributed by atoms with van der Waals surface area (Å²) < 4.78 is 41.8. The van der Waals surface area contributed by atoms with E-state index in [1.165, 1.54) is 30.0 Å². The third-order valence-corrected chi connectivity index (χ3v) is 6.82. The van der Waals surface area contributed by atoms with Crippen molar-refractivity contribution in [1.29, 1.82) is 0 Å². The van der Waals surface area contributed by atoms with Crippen molar-refractivity contribution in [2.45, 2.75) is 62.2 Å². The van der Waals surface area contributed by atoms with E-state index in [2.05, 4.69) is 31.9 Å². The van der Waals surface area contributed by atoms with Gasteiger partial charge in [-0.25, -0.2) is 0 Å². The minimum absolute atomic E-state index is 0.237. The molecule has 6 nitrogen and oxygen atoms in total. The highest BCUT2D eigenvalue weighted by atomic mass is 32.2. The van der Waals surface area contributed by atoms with Gasteiger partial charge in [-0.1, -0.05) is 30.8 Å². The Hall–Kier alpha value is -2.23. The molecule has 2 heterocycles. The van der Waals surface area contributed by atoms with E-state index in [4.69, 9.17) is 0 Å². The zero-order valence-corrected chi connectivity index (χ0v) is 18.3. The highest BCUT2D eigenvalue weighted by Gasteiger charge is 2.35. The Morgan fingerprint density at radius 3 is 2.48 bits per heavy atom. The summed E-state index contributed by atoms with van der Waals surface area (Å²) in [6, 6.07) is 5.33. The van der Waals surface area contributed by atoms with Crippen LogP contribution in [-0.4, -0.2) is 39.0 Å². The monoisotopic (exact) mass is 453 g/mol. The largest absolute Gasteiger partial charge is 0.418 e. The second-order valence-corrected chi connectivity index (χ2v) is 9.65. The van der Waals surface area contributed by atoms with Crippen LogP contribution in [0, 0.1) is 5.92 Å². The van der Waals surface area contributed by atoms with Crippen molar-refractivity contribution in [3.05, 3.63) is 29.8 Å². The molecule has 1 N–H and O–H groups in total. The van der Waals surface area contributed by atoms with Gasteiger partial charge in [-0.15, -0.1) is 10.2 Å². The quantitative estimate of drug-likeness (QED) is 0.625. The zero-order chi connectivity index (χ0) is 22.2. The summed E-state index contributed by atoms with van der Waals surface area (Å²) in [6.07, 6.45) is -0.229. The molecule has 1 amide bonds. The van der Waals surface area contributed by atoms with Crippen molar-refractivity contribution in [3.63, 3.8) is 0 Å². The van der Waals surface area contributed by atoms with Crippen LogP contribution in [0.25, 0.3) is 0 Å². The summed E-state index contributed by atoms with van der Waals surface area (Å²) in [5.41, 5.74) is -1.09. The maximum atomic E-state index is 13.2. The van der Waals surface area contributed by atoms with Crippen LogP contribution in [-0.2, 0) is 11.0 Å². The molecular formula is C21H26F3N5OS. The Morgan fingerprint density at radius 1 is 1.16 bits per heavy atom. The van der Waals surface area contributed by atoms with Gasteiger partial charge in [0.2, 0.25) is 11.9 Å². The third-order valence-electron chi connectivity index (χ3n) is 5.77. The van der Waals surface area contributed by atoms with Crippen molar-refractivity contribution >= 4 is 29.3 Å². The summed E-state index contributed by atoms with van der Waals surface area (Å²) in [4.78, 5) is 14.9. The first-order valence-corrected chi connectivity index (χ1v) is 11.5. The Kier molecular flexibility index (Phi) is 6.18. The number of benzene rings is 1. The standard InChI is InChI=1S/C21H26F3N5OS/c1-13-9-11-28(12-10-13)19-26-27-20(29(19)15-7-8-15)31-14(2)18(30)25-17-6-4-3-5-16(17)21(22,23)24/h3-6,13-15H,7-12H2,1-2H3,(H,25,30). The molecule has 1 unspecified atom stereocenters. The van der Waals surface area contributed by atoms with Gasteiger partial charge < -0.3 is 10.2 Å². The molecule has 2 fully saturated rings. The summed E-state index contributed by atoms with van der Waals surface area (Å²) >= 11 is 1.23. The van der Waals surface area contributed by atoms with E-state index in [0.717, 1.165) is 50.8 Å². The topological polar surface area (TPSA) is 63.1 Å². The Bertz CT molecular complexity index is 935. The number of halogens is 3. The molecule has 31 heavy (non-hydrogen) atoms. The number of hydrogen-bond donors (Lipinski definition) is 1. The highest BCUT2D eigenvalue weighted by molar-refractivity contribution is 8.00. The molecule has 2 aliphatic rings.